The highest BCUT2D eigenvalue weighted by molar-refractivity contribution is 7.92. The predicted molar refractivity (Wildman–Crippen MR) is 120 cm³/mol. The standard InChI is InChI=1S/C22H26F3N3O4S/c1-4-16-11-12-28(14-15-5-8-18(9-6-15)27-33(3,29)30)26-21(16)17-7-10-19(31-2)20(13-17)32-22(23,24)25/h5-10,13,16,27H,4,11-12,14H2,1-3H3. The van der Waals surface area contributed by atoms with E-state index in [1.807, 2.05) is 11.9 Å². The quantitative estimate of drug-likeness (QED) is 0.591. The van der Waals surface area contributed by atoms with Gasteiger partial charge >= 0.3 is 6.36 Å². The van der Waals surface area contributed by atoms with E-state index >= 15 is 0 Å². The summed E-state index contributed by atoms with van der Waals surface area (Å²) in [5.74, 6) is -0.332. The van der Waals surface area contributed by atoms with Gasteiger partial charge in [0, 0.05) is 23.7 Å². The van der Waals surface area contributed by atoms with Gasteiger partial charge in [-0.25, -0.2) is 8.42 Å². The second kappa shape index (κ2) is 9.90. The van der Waals surface area contributed by atoms with Crippen LogP contribution in [0.4, 0.5) is 18.9 Å². The van der Waals surface area contributed by atoms with Crippen LogP contribution in [0.3, 0.4) is 0 Å². The van der Waals surface area contributed by atoms with Crippen molar-refractivity contribution in [2.75, 3.05) is 24.6 Å². The summed E-state index contributed by atoms with van der Waals surface area (Å²) in [4.78, 5) is 0. The molecule has 1 aliphatic rings. The van der Waals surface area contributed by atoms with Crippen LogP contribution < -0.4 is 14.2 Å². The Hall–Kier alpha value is -2.95. The number of alkyl halides is 3. The highest BCUT2D eigenvalue weighted by Crippen LogP contribution is 2.35. The maximum Gasteiger partial charge on any atom is 0.573 e. The Bertz CT molecular complexity index is 1100. The van der Waals surface area contributed by atoms with Crippen LogP contribution in [-0.2, 0) is 16.6 Å². The Morgan fingerprint density at radius 3 is 2.42 bits per heavy atom. The largest absolute Gasteiger partial charge is 0.573 e. The maximum absolute atomic E-state index is 12.8. The summed E-state index contributed by atoms with van der Waals surface area (Å²) in [5, 5.41) is 6.59. The van der Waals surface area contributed by atoms with Crippen LogP contribution in [0.5, 0.6) is 11.5 Å². The smallest absolute Gasteiger partial charge is 0.493 e. The molecule has 0 amide bonds. The lowest BCUT2D eigenvalue weighted by Gasteiger charge is -2.31. The topological polar surface area (TPSA) is 80.2 Å². The Balaban J connectivity index is 1.85. The summed E-state index contributed by atoms with van der Waals surface area (Å²) in [6.45, 7) is 3.18. The molecule has 0 fully saturated rings. The van der Waals surface area contributed by atoms with E-state index in [4.69, 9.17) is 9.84 Å². The van der Waals surface area contributed by atoms with Crippen molar-refractivity contribution in [2.45, 2.75) is 32.7 Å². The minimum Gasteiger partial charge on any atom is -0.493 e. The van der Waals surface area contributed by atoms with Gasteiger partial charge in [0.15, 0.2) is 11.5 Å². The van der Waals surface area contributed by atoms with Crippen LogP contribution in [0, 0.1) is 5.92 Å². The number of methoxy groups -OCH3 is 1. The number of hydrazone groups is 1. The summed E-state index contributed by atoms with van der Waals surface area (Å²) in [6, 6.07) is 11.4. The van der Waals surface area contributed by atoms with Crippen LogP contribution in [0.2, 0.25) is 0 Å². The lowest BCUT2D eigenvalue weighted by Crippen LogP contribution is -2.32. The average Bonchev–Trinajstić information content (AvgIpc) is 2.73. The van der Waals surface area contributed by atoms with Crippen LogP contribution in [0.1, 0.15) is 30.9 Å². The molecule has 0 radical (unpaired) electrons. The number of halogens is 3. The molecule has 0 saturated carbocycles. The van der Waals surface area contributed by atoms with E-state index in [1.165, 1.54) is 19.2 Å². The average molecular weight is 486 g/mol. The summed E-state index contributed by atoms with van der Waals surface area (Å²) in [5.41, 5.74) is 2.61. The van der Waals surface area contributed by atoms with Crippen molar-refractivity contribution in [1.29, 1.82) is 0 Å². The summed E-state index contributed by atoms with van der Waals surface area (Å²) in [7, 11) is -2.07. The van der Waals surface area contributed by atoms with E-state index in [0.717, 1.165) is 24.7 Å². The lowest BCUT2D eigenvalue weighted by atomic mass is 9.90. The fourth-order valence-electron chi connectivity index (χ4n) is 3.67. The molecule has 0 spiro atoms. The Morgan fingerprint density at radius 1 is 1.15 bits per heavy atom. The monoisotopic (exact) mass is 485 g/mol. The Morgan fingerprint density at radius 2 is 1.85 bits per heavy atom. The van der Waals surface area contributed by atoms with Crippen LogP contribution in [-0.4, -0.2) is 45.4 Å². The lowest BCUT2D eigenvalue weighted by molar-refractivity contribution is -0.275. The van der Waals surface area contributed by atoms with Gasteiger partial charge in [-0.1, -0.05) is 19.1 Å². The second-order valence-electron chi connectivity index (χ2n) is 7.75. The van der Waals surface area contributed by atoms with Crippen molar-refractivity contribution in [3.05, 3.63) is 53.6 Å². The predicted octanol–water partition coefficient (Wildman–Crippen LogP) is 4.60. The van der Waals surface area contributed by atoms with Gasteiger partial charge < -0.3 is 9.47 Å². The molecule has 180 valence electrons. The fourth-order valence-corrected chi connectivity index (χ4v) is 4.24. The number of rotatable bonds is 8. The van der Waals surface area contributed by atoms with Crippen LogP contribution in [0.25, 0.3) is 0 Å². The van der Waals surface area contributed by atoms with Crippen molar-refractivity contribution in [3.63, 3.8) is 0 Å². The molecule has 2 aromatic rings. The minimum atomic E-state index is -4.84. The third-order valence-corrected chi connectivity index (χ3v) is 5.78. The van der Waals surface area contributed by atoms with Crippen molar-refractivity contribution >= 4 is 21.4 Å². The first-order chi connectivity index (χ1) is 15.5. The Labute approximate surface area is 191 Å². The van der Waals surface area contributed by atoms with Crippen molar-refractivity contribution < 1.29 is 31.1 Å². The third-order valence-electron chi connectivity index (χ3n) is 5.17. The first-order valence-corrected chi connectivity index (χ1v) is 12.2. The molecule has 33 heavy (non-hydrogen) atoms. The maximum atomic E-state index is 12.8. The number of sulfonamides is 1. The summed E-state index contributed by atoms with van der Waals surface area (Å²) in [6.07, 6.45) is -2.17. The van der Waals surface area contributed by atoms with Gasteiger partial charge in [0.25, 0.3) is 0 Å². The molecule has 0 aliphatic carbocycles. The van der Waals surface area contributed by atoms with Gasteiger partial charge in [-0.05, 0) is 48.7 Å². The second-order valence-corrected chi connectivity index (χ2v) is 9.50. The zero-order chi connectivity index (χ0) is 24.2. The number of benzene rings is 2. The number of hydrogen-bond donors (Lipinski definition) is 1. The SMILES string of the molecule is CCC1CCN(Cc2ccc(NS(C)(=O)=O)cc2)N=C1c1ccc(OC)c(OC(F)(F)F)c1. The Kier molecular flexibility index (Phi) is 7.41. The number of nitrogens with zero attached hydrogens (tertiary/aromatic N) is 2. The summed E-state index contributed by atoms with van der Waals surface area (Å²) < 4.78 is 72.8. The van der Waals surface area contributed by atoms with Crippen molar-refractivity contribution in [1.82, 2.24) is 5.01 Å². The molecule has 1 atom stereocenters. The number of nitrogens with one attached hydrogen (secondary N) is 1. The van der Waals surface area contributed by atoms with E-state index < -0.39 is 22.1 Å². The molecule has 0 aromatic heterocycles. The van der Waals surface area contributed by atoms with Gasteiger partial charge in [0.2, 0.25) is 10.0 Å². The fraction of sp³-hybridized carbons (Fsp3) is 0.409. The number of ether oxygens (including phenoxy) is 2. The third kappa shape index (κ3) is 7.01. The molecule has 1 heterocycles. The molecule has 11 heteroatoms. The first kappa shape index (κ1) is 24.7. The number of hydrogen-bond acceptors (Lipinski definition) is 6. The summed E-state index contributed by atoms with van der Waals surface area (Å²) >= 11 is 0. The van der Waals surface area contributed by atoms with Gasteiger partial charge in [-0.2, -0.15) is 5.10 Å². The van der Waals surface area contributed by atoms with E-state index in [0.29, 0.717) is 30.1 Å². The highest BCUT2D eigenvalue weighted by atomic mass is 32.2. The van der Waals surface area contributed by atoms with Crippen LogP contribution >= 0.6 is 0 Å². The molecule has 0 bridgehead atoms. The van der Waals surface area contributed by atoms with E-state index in [-0.39, 0.29) is 11.7 Å². The normalized spacial score (nSPS) is 16.8. The molecule has 7 nitrogen and oxygen atoms in total. The molecular formula is C22H26F3N3O4S. The highest BCUT2D eigenvalue weighted by Gasteiger charge is 2.33. The molecule has 1 aliphatic heterocycles. The van der Waals surface area contributed by atoms with Gasteiger partial charge in [-0.3, -0.25) is 9.73 Å². The number of anilines is 1. The van der Waals surface area contributed by atoms with E-state index in [9.17, 15) is 21.6 Å². The molecule has 3 rings (SSSR count). The first-order valence-electron chi connectivity index (χ1n) is 10.3. The molecule has 1 unspecified atom stereocenters. The van der Waals surface area contributed by atoms with Crippen LogP contribution in [0.15, 0.2) is 47.6 Å². The van der Waals surface area contributed by atoms with E-state index in [1.54, 1.807) is 30.3 Å². The van der Waals surface area contributed by atoms with Gasteiger partial charge in [0.1, 0.15) is 0 Å². The van der Waals surface area contributed by atoms with Gasteiger partial charge in [-0.15, -0.1) is 13.2 Å². The van der Waals surface area contributed by atoms with Gasteiger partial charge in [0.05, 0.1) is 25.6 Å². The van der Waals surface area contributed by atoms with Crippen molar-refractivity contribution in [3.8, 4) is 11.5 Å². The molecule has 2 aromatic carbocycles. The van der Waals surface area contributed by atoms with E-state index in [2.05, 4.69) is 9.46 Å². The minimum absolute atomic E-state index is 0.0137. The molecule has 0 saturated heterocycles. The van der Waals surface area contributed by atoms with Crippen molar-refractivity contribution in [2.24, 2.45) is 11.0 Å². The molecular weight excluding hydrogens is 459 g/mol. The molecule has 1 N–H and O–H groups in total. The zero-order valence-electron chi connectivity index (χ0n) is 18.5. The zero-order valence-corrected chi connectivity index (χ0v) is 19.3.